The van der Waals surface area contributed by atoms with Gasteiger partial charge in [-0.1, -0.05) is 60.1 Å². The fourth-order valence-corrected chi connectivity index (χ4v) is 2.79. The molecule has 134 valence electrons. The molecule has 0 aliphatic rings. The third-order valence-electron chi connectivity index (χ3n) is 3.90. The molecule has 0 bridgehead atoms. The monoisotopic (exact) mass is 367 g/mol. The number of benzene rings is 3. The molecule has 3 aromatic rings. The highest BCUT2D eigenvalue weighted by Crippen LogP contribution is 2.30. The Kier molecular flexibility index (Phi) is 6.39. The number of hydrogen-bond acceptors (Lipinski definition) is 3. The predicted molar refractivity (Wildman–Crippen MR) is 107 cm³/mol. The first-order valence-electron chi connectivity index (χ1n) is 8.67. The van der Waals surface area contributed by atoms with Crippen LogP contribution in [0.4, 0.5) is 5.69 Å². The zero-order valence-electron chi connectivity index (χ0n) is 14.7. The van der Waals surface area contributed by atoms with E-state index in [0.717, 1.165) is 28.3 Å². The van der Waals surface area contributed by atoms with Crippen molar-refractivity contribution in [2.24, 2.45) is 0 Å². The third-order valence-corrected chi connectivity index (χ3v) is 4.23. The van der Waals surface area contributed by atoms with Crippen molar-refractivity contribution >= 4 is 17.3 Å². The summed E-state index contributed by atoms with van der Waals surface area (Å²) in [5, 5.41) is 4.06. The summed E-state index contributed by atoms with van der Waals surface area (Å²) in [6, 6.07) is 23.8. The zero-order chi connectivity index (χ0) is 18.2. The van der Waals surface area contributed by atoms with Gasteiger partial charge in [-0.05, 0) is 42.3 Å². The lowest BCUT2D eigenvalue weighted by Gasteiger charge is -2.14. The Morgan fingerprint density at radius 2 is 1.58 bits per heavy atom. The van der Waals surface area contributed by atoms with Crippen LogP contribution in [-0.4, -0.2) is 6.61 Å². The van der Waals surface area contributed by atoms with E-state index in [9.17, 15) is 0 Å². The van der Waals surface area contributed by atoms with Gasteiger partial charge in [0.05, 0.1) is 17.3 Å². The average molecular weight is 368 g/mol. The Bertz CT molecular complexity index is 837. The molecule has 0 radical (unpaired) electrons. The maximum atomic E-state index is 6.19. The Morgan fingerprint density at radius 3 is 2.35 bits per heavy atom. The molecule has 0 unspecified atom stereocenters. The summed E-state index contributed by atoms with van der Waals surface area (Å²) >= 11 is 6.19. The van der Waals surface area contributed by atoms with Gasteiger partial charge in [0.15, 0.2) is 11.5 Å². The fourth-order valence-electron chi connectivity index (χ4n) is 2.59. The van der Waals surface area contributed by atoms with Gasteiger partial charge >= 0.3 is 0 Å². The van der Waals surface area contributed by atoms with Crippen LogP contribution >= 0.6 is 11.6 Å². The predicted octanol–water partition coefficient (Wildman–Crippen LogP) is 5.93. The van der Waals surface area contributed by atoms with Gasteiger partial charge < -0.3 is 14.8 Å². The SMILES string of the molecule is CCOc1cc(CNc2ccccc2Cl)ccc1OCc1ccccc1. The van der Waals surface area contributed by atoms with E-state index in [0.29, 0.717) is 24.8 Å². The maximum Gasteiger partial charge on any atom is 0.161 e. The largest absolute Gasteiger partial charge is 0.490 e. The number of ether oxygens (including phenoxy) is 2. The van der Waals surface area contributed by atoms with Gasteiger partial charge in [-0.2, -0.15) is 0 Å². The Hall–Kier alpha value is -2.65. The molecule has 4 heteroatoms. The van der Waals surface area contributed by atoms with Crippen molar-refractivity contribution in [1.82, 2.24) is 0 Å². The lowest BCUT2D eigenvalue weighted by Crippen LogP contribution is -2.03. The highest BCUT2D eigenvalue weighted by molar-refractivity contribution is 6.33. The summed E-state index contributed by atoms with van der Waals surface area (Å²) in [4.78, 5) is 0. The van der Waals surface area contributed by atoms with E-state index in [1.165, 1.54) is 0 Å². The second-order valence-corrected chi connectivity index (χ2v) is 6.23. The van der Waals surface area contributed by atoms with Gasteiger partial charge in [-0.15, -0.1) is 0 Å². The van der Waals surface area contributed by atoms with Crippen LogP contribution in [0.15, 0.2) is 72.8 Å². The number of halogens is 1. The first-order chi connectivity index (χ1) is 12.8. The van der Waals surface area contributed by atoms with Crippen molar-refractivity contribution in [3.8, 4) is 11.5 Å². The number of hydrogen-bond donors (Lipinski definition) is 1. The molecule has 0 aromatic heterocycles. The molecule has 0 fully saturated rings. The molecule has 0 aliphatic carbocycles. The highest BCUT2D eigenvalue weighted by Gasteiger charge is 2.08. The van der Waals surface area contributed by atoms with E-state index in [1.807, 2.05) is 79.7 Å². The molecule has 26 heavy (non-hydrogen) atoms. The van der Waals surface area contributed by atoms with E-state index in [1.54, 1.807) is 0 Å². The summed E-state index contributed by atoms with van der Waals surface area (Å²) in [5.74, 6) is 1.50. The number of nitrogens with one attached hydrogen (secondary N) is 1. The molecule has 1 N–H and O–H groups in total. The molecule has 3 rings (SSSR count). The van der Waals surface area contributed by atoms with Crippen LogP contribution in [0.25, 0.3) is 0 Å². The van der Waals surface area contributed by atoms with Gasteiger partial charge in [0.25, 0.3) is 0 Å². The number of para-hydroxylation sites is 1. The summed E-state index contributed by atoms with van der Waals surface area (Å²) in [5.41, 5.74) is 3.14. The van der Waals surface area contributed by atoms with Crippen LogP contribution in [0.2, 0.25) is 5.02 Å². The van der Waals surface area contributed by atoms with Crippen molar-refractivity contribution in [1.29, 1.82) is 0 Å². The Balaban J connectivity index is 1.68. The minimum atomic E-state index is 0.512. The summed E-state index contributed by atoms with van der Waals surface area (Å²) in [6.07, 6.45) is 0. The minimum Gasteiger partial charge on any atom is -0.490 e. The van der Waals surface area contributed by atoms with Gasteiger partial charge in [0.2, 0.25) is 0 Å². The van der Waals surface area contributed by atoms with Crippen LogP contribution in [0.5, 0.6) is 11.5 Å². The quantitative estimate of drug-likeness (QED) is 0.535. The van der Waals surface area contributed by atoms with Crippen molar-refractivity contribution in [2.75, 3.05) is 11.9 Å². The van der Waals surface area contributed by atoms with Crippen LogP contribution in [-0.2, 0) is 13.2 Å². The summed E-state index contributed by atoms with van der Waals surface area (Å²) in [6.45, 7) is 3.72. The van der Waals surface area contributed by atoms with E-state index >= 15 is 0 Å². The van der Waals surface area contributed by atoms with Crippen LogP contribution in [0, 0.1) is 0 Å². The third kappa shape index (κ3) is 4.93. The molecule has 0 saturated heterocycles. The topological polar surface area (TPSA) is 30.5 Å². The molecule has 0 saturated carbocycles. The van der Waals surface area contributed by atoms with Gasteiger partial charge in [-0.25, -0.2) is 0 Å². The van der Waals surface area contributed by atoms with E-state index in [2.05, 4.69) is 5.32 Å². The zero-order valence-corrected chi connectivity index (χ0v) is 15.5. The molecule has 3 nitrogen and oxygen atoms in total. The molecule has 0 aliphatic heterocycles. The highest BCUT2D eigenvalue weighted by atomic mass is 35.5. The second-order valence-electron chi connectivity index (χ2n) is 5.82. The summed E-state index contributed by atoms with van der Waals surface area (Å²) in [7, 11) is 0. The Morgan fingerprint density at radius 1 is 0.808 bits per heavy atom. The van der Waals surface area contributed by atoms with Crippen LogP contribution in [0.1, 0.15) is 18.1 Å². The standard InChI is InChI=1S/C22H22ClNO2/c1-2-25-22-14-18(15-24-20-11-7-6-10-19(20)23)12-13-21(22)26-16-17-8-4-3-5-9-17/h3-14,24H,2,15-16H2,1H3. The van der Waals surface area contributed by atoms with E-state index in [4.69, 9.17) is 21.1 Å². The number of anilines is 1. The van der Waals surface area contributed by atoms with Crippen molar-refractivity contribution in [3.05, 3.63) is 88.9 Å². The van der Waals surface area contributed by atoms with Crippen LogP contribution in [0.3, 0.4) is 0 Å². The molecular formula is C22H22ClNO2. The van der Waals surface area contributed by atoms with Gasteiger partial charge in [0.1, 0.15) is 6.61 Å². The van der Waals surface area contributed by atoms with E-state index < -0.39 is 0 Å². The maximum absolute atomic E-state index is 6.19. The smallest absolute Gasteiger partial charge is 0.161 e. The minimum absolute atomic E-state index is 0.512. The lowest BCUT2D eigenvalue weighted by molar-refractivity contribution is 0.269. The average Bonchev–Trinajstić information content (AvgIpc) is 2.68. The normalized spacial score (nSPS) is 10.4. The van der Waals surface area contributed by atoms with Crippen molar-refractivity contribution in [2.45, 2.75) is 20.1 Å². The van der Waals surface area contributed by atoms with Crippen molar-refractivity contribution in [3.63, 3.8) is 0 Å². The van der Waals surface area contributed by atoms with Gasteiger partial charge in [0, 0.05) is 6.54 Å². The van der Waals surface area contributed by atoms with E-state index in [-0.39, 0.29) is 0 Å². The van der Waals surface area contributed by atoms with Crippen molar-refractivity contribution < 1.29 is 9.47 Å². The van der Waals surface area contributed by atoms with Crippen LogP contribution < -0.4 is 14.8 Å². The first kappa shape index (κ1) is 18.2. The fraction of sp³-hybridized carbons (Fsp3) is 0.182. The number of rotatable bonds is 8. The first-order valence-corrected chi connectivity index (χ1v) is 9.05. The lowest BCUT2D eigenvalue weighted by atomic mass is 10.2. The molecule has 0 atom stereocenters. The molecule has 3 aromatic carbocycles. The molecular weight excluding hydrogens is 346 g/mol. The Labute approximate surface area is 159 Å². The molecule has 0 amide bonds. The van der Waals surface area contributed by atoms with Gasteiger partial charge in [-0.3, -0.25) is 0 Å². The second kappa shape index (κ2) is 9.16. The summed E-state index contributed by atoms with van der Waals surface area (Å²) < 4.78 is 11.7. The molecule has 0 heterocycles. The molecule has 0 spiro atoms.